The van der Waals surface area contributed by atoms with Crippen molar-refractivity contribution in [2.75, 3.05) is 16.4 Å². The molecule has 0 aromatic heterocycles. The Balaban J connectivity index is 1.44. The molecule has 0 atom stereocenters. The normalized spacial score (nSPS) is 11.0. The van der Waals surface area contributed by atoms with E-state index in [0.717, 1.165) is 10.6 Å². The van der Waals surface area contributed by atoms with Crippen molar-refractivity contribution in [2.24, 2.45) is 0 Å². The zero-order chi connectivity index (χ0) is 27.6. The minimum Gasteiger partial charge on any atom is -0.325 e. The van der Waals surface area contributed by atoms with Crippen molar-refractivity contribution >= 4 is 70.1 Å². The van der Waals surface area contributed by atoms with Crippen molar-refractivity contribution in [3.05, 3.63) is 130 Å². The summed E-state index contributed by atoms with van der Waals surface area (Å²) in [6.45, 7) is 0. The molecule has 4 aromatic carbocycles. The van der Waals surface area contributed by atoms with E-state index >= 15 is 0 Å². The summed E-state index contributed by atoms with van der Waals surface area (Å²) in [4.78, 5) is 39.1. The summed E-state index contributed by atoms with van der Waals surface area (Å²) in [6, 6.07) is 29.8. The topological polar surface area (TPSA) is 87.3 Å². The number of anilines is 2. The lowest BCUT2D eigenvalue weighted by atomic mass is 10.1. The van der Waals surface area contributed by atoms with E-state index in [4.69, 9.17) is 23.2 Å². The molecule has 0 aliphatic carbocycles. The first-order valence-corrected chi connectivity index (χ1v) is 13.5. The molecule has 4 aromatic rings. The van der Waals surface area contributed by atoms with Gasteiger partial charge in [0.05, 0.1) is 5.75 Å². The molecule has 0 saturated carbocycles. The van der Waals surface area contributed by atoms with Gasteiger partial charge in [0, 0.05) is 37.4 Å². The molecule has 0 saturated heterocycles. The average Bonchev–Trinajstić information content (AvgIpc) is 2.95. The minimum absolute atomic E-state index is 0.0325. The lowest BCUT2D eigenvalue weighted by Crippen LogP contribution is -2.30. The molecule has 9 heteroatoms. The number of halogens is 2. The van der Waals surface area contributed by atoms with E-state index < -0.39 is 11.8 Å². The zero-order valence-corrected chi connectivity index (χ0v) is 22.8. The second-order valence-electron chi connectivity index (χ2n) is 8.19. The maximum Gasteiger partial charge on any atom is 0.272 e. The van der Waals surface area contributed by atoms with Crippen LogP contribution in [0.25, 0.3) is 6.08 Å². The Labute approximate surface area is 240 Å². The molecule has 4 rings (SSSR count). The van der Waals surface area contributed by atoms with Gasteiger partial charge in [0.25, 0.3) is 11.8 Å². The van der Waals surface area contributed by atoms with Crippen molar-refractivity contribution in [1.29, 1.82) is 0 Å². The van der Waals surface area contributed by atoms with Gasteiger partial charge in [0.2, 0.25) is 5.91 Å². The largest absolute Gasteiger partial charge is 0.325 e. The van der Waals surface area contributed by atoms with Crippen LogP contribution in [0.3, 0.4) is 0 Å². The molecule has 0 fully saturated rings. The molecule has 3 N–H and O–H groups in total. The number of hydrogen-bond donors (Lipinski definition) is 3. The summed E-state index contributed by atoms with van der Waals surface area (Å²) >= 11 is 14.0. The standard InChI is InChI=1S/C30H23Cl2N3O3S/c31-25-12-7-13-26(32)24(25)18-27(35-29(37)20-8-3-1-4-9-20)30(38)34-22-14-16-23(17-15-22)39-19-28(36)33-21-10-5-2-6-11-21/h1-18H,19H2,(H,33,36)(H,34,38)(H,35,37)/b27-18-. The van der Waals surface area contributed by atoms with Gasteiger partial charge in [0.15, 0.2) is 0 Å². The molecule has 0 bridgehead atoms. The van der Waals surface area contributed by atoms with Crippen LogP contribution in [0.2, 0.25) is 10.0 Å². The van der Waals surface area contributed by atoms with Gasteiger partial charge < -0.3 is 16.0 Å². The quantitative estimate of drug-likeness (QED) is 0.146. The Kier molecular flexibility index (Phi) is 9.80. The number of nitrogens with one attached hydrogen (secondary N) is 3. The van der Waals surface area contributed by atoms with E-state index in [-0.39, 0.29) is 17.4 Å². The number of para-hydroxylation sites is 1. The Bertz CT molecular complexity index is 1480. The highest BCUT2D eigenvalue weighted by Crippen LogP contribution is 2.27. The molecule has 6 nitrogen and oxygen atoms in total. The fourth-order valence-corrected chi connectivity index (χ4v) is 4.64. The number of thioether (sulfide) groups is 1. The number of rotatable bonds is 9. The van der Waals surface area contributed by atoms with Crippen LogP contribution < -0.4 is 16.0 Å². The van der Waals surface area contributed by atoms with Gasteiger partial charge in [-0.2, -0.15) is 0 Å². The number of carbonyl (C=O) groups excluding carboxylic acids is 3. The van der Waals surface area contributed by atoms with Crippen LogP contribution in [0, 0.1) is 0 Å². The van der Waals surface area contributed by atoms with Crippen molar-refractivity contribution < 1.29 is 14.4 Å². The average molecular weight is 577 g/mol. The van der Waals surface area contributed by atoms with E-state index in [1.165, 1.54) is 17.8 Å². The molecule has 0 aliphatic rings. The third-order valence-corrected chi connectivity index (χ3v) is 7.03. The lowest BCUT2D eigenvalue weighted by molar-refractivity contribution is -0.114. The maximum atomic E-state index is 13.2. The number of benzene rings is 4. The highest BCUT2D eigenvalue weighted by atomic mass is 35.5. The van der Waals surface area contributed by atoms with E-state index in [1.54, 1.807) is 72.8 Å². The van der Waals surface area contributed by atoms with Gasteiger partial charge in [-0.15, -0.1) is 11.8 Å². The number of hydrogen-bond acceptors (Lipinski definition) is 4. The summed E-state index contributed by atoms with van der Waals surface area (Å²) in [7, 11) is 0. The Morgan fingerprint density at radius 2 is 1.28 bits per heavy atom. The zero-order valence-electron chi connectivity index (χ0n) is 20.5. The van der Waals surface area contributed by atoms with Gasteiger partial charge in [-0.05, 0) is 66.7 Å². The molecule has 0 spiro atoms. The molecular weight excluding hydrogens is 553 g/mol. The summed E-state index contributed by atoms with van der Waals surface area (Å²) in [5, 5.41) is 8.96. The maximum absolute atomic E-state index is 13.2. The molecule has 0 aliphatic heterocycles. The van der Waals surface area contributed by atoms with Gasteiger partial charge in [-0.3, -0.25) is 14.4 Å². The van der Waals surface area contributed by atoms with Gasteiger partial charge in [-0.25, -0.2) is 0 Å². The van der Waals surface area contributed by atoms with Gasteiger partial charge in [-0.1, -0.05) is 65.7 Å². The lowest BCUT2D eigenvalue weighted by Gasteiger charge is -2.13. The van der Waals surface area contributed by atoms with Crippen molar-refractivity contribution in [3.63, 3.8) is 0 Å². The molecule has 0 unspecified atom stereocenters. The first-order valence-electron chi connectivity index (χ1n) is 11.8. The highest BCUT2D eigenvalue weighted by molar-refractivity contribution is 8.00. The molecule has 0 heterocycles. The van der Waals surface area contributed by atoms with E-state index in [1.807, 2.05) is 30.3 Å². The third-order valence-electron chi connectivity index (χ3n) is 5.36. The second-order valence-corrected chi connectivity index (χ2v) is 10.1. The predicted molar refractivity (Wildman–Crippen MR) is 159 cm³/mol. The molecule has 0 radical (unpaired) electrons. The van der Waals surface area contributed by atoms with Crippen LogP contribution in [0.15, 0.2) is 114 Å². The SMILES string of the molecule is O=C(CSc1ccc(NC(=O)/C(=C/c2c(Cl)cccc2Cl)NC(=O)c2ccccc2)cc1)Nc1ccccc1. The van der Waals surface area contributed by atoms with Crippen LogP contribution in [-0.2, 0) is 9.59 Å². The van der Waals surface area contributed by atoms with E-state index in [2.05, 4.69) is 16.0 Å². The highest BCUT2D eigenvalue weighted by Gasteiger charge is 2.17. The van der Waals surface area contributed by atoms with Crippen molar-refractivity contribution in [1.82, 2.24) is 5.32 Å². The van der Waals surface area contributed by atoms with Crippen LogP contribution in [-0.4, -0.2) is 23.5 Å². The monoisotopic (exact) mass is 575 g/mol. The summed E-state index contributed by atoms with van der Waals surface area (Å²) in [6.07, 6.45) is 1.44. The number of amides is 3. The summed E-state index contributed by atoms with van der Waals surface area (Å²) in [5.74, 6) is -0.901. The Morgan fingerprint density at radius 1 is 0.692 bits per heavy atom. The van der Waals surface area contributed by atoms with Crippen molar-refractivity contribution in [2.45, 2.75) is 4.90 Å². The summed E-state index contributed by atoms with van der Waals surface area (Å²) in [5.41, 5.74) is 2.00. The minimum atomic E-state index is -0.557. The molecule has 39 heavy (non-hydrogen) atoms. The number of carbonyl (C=O) groups is 3. The van der Waals surface area contributed by atoms with Crippen LogP contribution in [0.4, 0.5) is 11.4 Å². The smallest absolute Gasteiger partial charge is 0.272 e. The van der Waals surface area contributed by atoms with Crippen molar-refractivity contribution in [3.8, 4) is 0 Å². The molecular formula is C30H23Cl2N3O3S. The van der Waals surface area contributed by atoms with Gasteiger partial charge >= 0.3 is 0 Å². The van der Waals surface area contributed by atoms with Gasteiger partial charge in [0.1, 0.15) is 5.70 Å². The fraction of sp³-hybridized carbons (Fsp3) is 0.0333. The summed E-state index contributed by atoms with van der Waals surface area (Å²) < 4.78 is 0. The second kappa shape index (κ2) is 13.7. The molecule has 196 valence electrons. The fourth-order valence-electron chi connectivity index (χ4n) is 3.44. The molecule has 3 amide bonds. The van der Waals surface area contributed by atoms with Crippen LogP contribution in [0.1, 0.15) is 15.9 Å². The van der Waals surface area contributed by atoms with E-state index in [9.17, 15) is 14.4 Å². The Morgan fingerprint density at radius 3 is 1.92 bits per heavy atom. The third kappa shape index (κ3) is 8.22. The first-order chi connectivity index (χ1) is 18.9. The van der Waals surface area contributed by atoms with Crippen LogP contribution in [0.5, 0.6) is 0 Å². The van der Waals surface area contributed by atoms with Crippen LogP contribution >= 0.6 is 35.0 Å². The predicted octanol–water partition coefficient (Wildman–Crippen LogP) is 7.13. The Hall–Kier alpha value is -4.04. The van der Waals surface area contributed by atoms with E-state index in [0.29, 0.717) is 26.9 Å². The first kappa shape index (κ1) is 28.0.